The van der Waals surface area contributed by atoms with Gasteiger partial charge in [-0.1, -0.05) is 22.0 Å². The third kappa shape index (κ3) is 4.13. The van der Waals surface area contributed by atoms with E-state index in [1.54, 1.807) is 18.2 Å². The molecule has 2 aromatic rings. The Morgan fingerprint density at radius 3 is 2.76 bits per heavy atom. The van der Waals surface area contributed by atoms with Crippen molar-refractivity contribution in [2.75, 3.05) is 17.2 Å². The van der Waals surface area contributed by atoms with Crippen LogP contribution in [0.5, 0.6) is 0 Å². The molecule has 21 heavy (non-hydrogen) atoms. The average molecular weight is 347 g/mol. The van der Waals surface area contributed by atoms with Crippen molar-refractivity contribution in [2.24, 2.45) is 0 Å². The largest absolute Gasteiger partial charge is 0.365 e. The molecule has 0 spiro atoms. The molecule has 1 aromatic heterocycles. The fourth-order valence-corrected chi connectivity index (χ4v) is 2.15. The second kappa shape index (κ2) is 6.99. The Hall–Kier alpha value is -2.21. The van der Waals surface area contributed by atoms with Gasteiger partial charge < -0.3 is 10.6 Å². The molecule has 2 rings (SSSR count). The van der Waals surface area contributed by atoms with Crippen molar-refractivity contribution in [3.05, 3.63) is 58.7 Å². The van der Waals surface area contributed by atoms with Crippen molar-refractivity contribution < 1.29 is 4.79 Å². The minimum absolute atomic E-state index is 0.265. The number of nitrogens with one attached hydrogen (secondary N) is 2. The molecule has 0 radical (unpaired) electrons. The van der Waals surface area contributed by atoms with Gasteiger partial charge in [0.2, 0.25) is 0 Å². The molecule has 0 aliphatic carbocycles. The van der Waals surface area contributed by atoms with Gasteiger partial charge in [-0.05, 0) is 42.8 Å². The van der Waals surface area contributed by atoms with E-state index in [0.29, 0.717) is 12.4 Å². The molecule has 1 amide bonds. The van der Waals surface area contributed by atoms with Crippen LogP contribution in [0.15, 0.2) is 47.5 Å². The van der Waals surface area contributed by atoms with Gasteiger partial charge in [0.1, 0.15) is 5.82 Å². The lowest BCUT2D eigenvalue weighted by Gasteiger charge is -2.08. The molecular weight excluding hydrogens is 332 g/mol. The molecule has 1 aromatic carbocycles. The van der Waals surface area contributed by atoms with E-state index in [1.807, 2.05) is 25.1 Å². The molecule has 0 saturated heterocycles. The van der Waals surface area contributed by atoms with E-state index in [0.717, 1.165) is 15.7 Å². The number of aryl methyl sites for hydroxylation is 1. The topological polar surface area (TPSA) is 66.9 Å². The minimum Gasteiger partial charge on any atom is -0.365 e. The quantitative estimate of drug-likeness (QED) is 0.814. The summed E-state index contributed by atoms with van der Waals surface area (Å²) >= 11 is 3.39. The Labute approximate surface area is 131 Å². The van der Waals surface area contributed by atoms with Crippen LogP contribution in [0.1, 0.15) is 16.1 Å². The Bertz CT molecular complexity index is 655. The summed E-state index contributed by atoms with van der Waals surface area (Å²) in [6.07, 6.45) is 1.72. The molecule has 0 aliphatic rings. The normalized spacial score (nSPS) is 10.0. The number of halogens is 1. The van der Waals surface area contributed by atoms with Gasteiger partial charge in [0.05, 0.1) is 0 Å². The predicted molar refractivity (Wildman–Crippen MR) is 87.6 cm³/mol. The molecule has 1 heterocycles. The third-order valence-electron chi connectivity index (χ3n) is 2.76. The first-order valence-corrected chi connectivity index (χ1v) is 7.15. The third-order valence-corrected chi connectivity index (χ3v) is 3.25. The van der Waals surface area contributed by atoms with Crippen molar-refractivity contribution in [1.29, 1.82) is 0 Å². The lowest BCUT2D eigenvalue weighted by molar-refractivity contribution is 0.102. The first-order chi connectivity index (χ1) is 10.1. The van der Waals surface area contributed by atoms with Crippen molar-refractivity contribution in [1.82, 2.24) is 10.2 Å². The van der Waals surface area contributed by atoms with E-state index >= 15 is 0 Å². The number of amides is 1. The number of hydrogen-bond donors (Lipinski definition) is 2. The van der Waals surface area contributed by atoms with E-state index in [2.05, 4.69) is 43.3 Å². The number of carbonyl (C=O) groups is 1. The van der Waals surface area contributed by atoms with Crippen molar-refractivity contribution >= 4 is 33.3 Å². The zero-order valence-electron chi connectivity index (χ0n) is 11.6. The molecule has 0 fully saturated rings. The van der Waals surface area contributed by atoms with E-state index in [4.69, 9.17) is 0 Å². The van der Waals surface area contributed by atoms with Crippen LogP contribution in [0.3, 0.4) is 0 Å². The first kappa shape index (κ1) is 15.2. The maximum absolute atomic E-state index is 12.1. The lowest BCUT2D eigenvalue weighted by atomic mass is 10.2. The number of rotatable bonds is 5. The predicted octanol–water partition coefficient (Wildman–Crippen LogP) is 3.40. The standard InChI is InChI=1S/C15H15BrN4O/c1-3-8-17-14-7-6-13(19-20-14)15(21)18-12-5-4-11(16)9-10(12)2/h3-7,9H,1,8H2,2H3,(H,17,20)(H,18,21). The van der Waals surface area contributed by atoms with Crippen LogP contribution in [-0.4, -0.2) is 22.6 Å². The molecular formula is C15H15BrN4O. The molecule has 6 heteroatoms. The van der Waals surface area contributed by atoms with Crippen molar-refractivity contribution in [3.8, 4) is 0 Å². The molecule has 0 aliphatic heterocycles. The summed E-state index contributed by atoms with van der Waals surface area (Å²) in [5.74, 6) is 0.314. The minimum atomic E-state index is -0.289. The van der Waals surface area contributed by atoms with Gasteiger partial charge in [0, 0.05) is 16.7 Å². The second-order valence-electron chi connectivity index (χ2n) is 4.39. The zero-order chi connectivity index (χ0) is 15.2. The van der Waals surface area contributed by atoms with E-state index in [1.165, 1.54) is 0 Å². The molecule has 0 atom stereocenters. The van der Waals surface area contributed by atoms with Gasteiger partial charge in [-0.2, -0.15) is 0 Å². The highest BCUT2D eigenvalue weighted by atomic mass is 79.9. The SMILES string of the molecule is C=CCNc1ccc(C(=O)Nc2ccc(Br)cc2C)nn1. The summed E-state index contributed by atoms with van der Waals surface area (Å²) < 4.78 is 0.968. The number of benzene rings is 1. The highest BCUT2D eigenvalue weighted by Gasteiger charge is 2.10. The summed E-state index contributed by atoms with van der Waals surface area (Å²) in [5.41, 5.74) is 1.98. The summed E-state index contributed by atoms with van der Waals surface area (Å²) in [4.78, 5) is 12.1. The fourth-order valence-electron chi connectivity index (χ4n) is 1.68. The number of nitrogens with zero attached hydrogens (tertiary/aromatic N) is 2. The Balaban J connectivity index is 2.07. The highest BCUT2D eigenvalue weighted by Crippen LogP contribution is 2.20. The molecule has 2 N–H and O–H groups in total. The fraction of sp³-hybridized carbons (Fsp3) is 0.133. The van der Waals surface area contributed by atoms with Crippen LogP contribution in [0.2, 0.25) is 0 Å². The van der Waals surface area contributed by atoms with Gasteiger partial charge in [0.15, 0.2) is 5.69 Å². The molecule has 0 saturated carbocycles. The average Bonchev–Trinajstić information content (AvgIpc) is 2.48. The van der Waals surface area contributed by atoms with Crippen molar-refractivity contribution in [2.45, 2.75) is 6.92 Å². The Kier molecular flexibility index (Phi) is 5.05. The molecule has 5 nitrogen and oxygen atoms in total. The Morgan fingerprint density at radius 2 is 2.14 bits per heavy atom. The second-order valence-corrected chi connectivity index (χ2v) is 5.30. The van der Waals surface area contributed by atoms with Crippen LogP contribution in [0.4, 0.5) is 11.5 Å². The maximum Gasteiger partial charge on any atom is 0.276 e. The van der Waals surface area contributed by atoms with E-state index in [-0.39, 0.29) is 11.6 Å². The smallest absolute Gasteiger partial charge is 0.276 e. The monoisotopic (exact) mass is 346 g/mol. The van der Waals surface area contributed by atoms with Crippen LogP contribution in [0, 0.1) is 6.92 Å². The van der Waals surface area contributed by atoms with Crippen LogP contribution >= 0.6 is 15.9 Å². The summed E-state index contributed by atoms with van der Waals surface area (Å²) in [7, 11) is 0. The van der Waals surface area contributed by atoms with Gasteiger partial charge in [-0.15, -0.1) is 16.8 Å². The number of anilines is 2. The summed E-state index contributed by atoms with van der Waals surface area (Å²) in [6.45, 7) is 6.13. The van der Waals surface area contributed by atoms with E-state index in [9.17, 15) is 4.79 Å². The zero-order valence-corrected chi connectivity index (χ0v) is 13.1. The van der Waals surface area contributed by atoms with Gasteiger partial charge >= 0.3 is 0 Å². The van der Waals surface area contributed by atoms with Crippen LogP contribution < -0.4 is 10.6 Å². The first-order valence-electron chi connectivity index (χ1n) is 6.36. The number of carbonyl (C=O) groups excluding carboxylic acids is 1. The molecule has 0 bridgehead atoms. The lowest BCUT2D eigenvalue weighted by Crippen LogP contribution is -2.15. The van der Waals surface area contributed by atoms with Crippen LogP contribution in [-0.2, 0) is 0 Å². The molecule has 0 unspecified atom stereocenters. The maximum atomic E-state index is 12.1. The van der Waals surface area contributed by atoms with Gasteiger partial charge in [-0.3, -0.25) is 4.79 Å². The highest BCUT2D eigenvalue weighted by molar-refractivity contribution is 9.10. The van der Waals surface area contributed by atoms with Crippen LogP contribution in [0.25, 0.3) is 0 Å². The van der Waals surface area contributed by atoms with E-state index < -0.39 is 0 Å². The Morgan fingerprint density at radius 1 is 1.33 bits per heavy atom. The number of hydrogen-bond acceptors (Lipinski definition) is 4. The van der Waals surface area contributed by atoms with Gasteiger partial charge in [0.25, 0.3) is 5.91 Å². The number of aromatic nitrogens is 2. The summed E-state index contributed by atoms with van der Waals surface area (Å²) in [5, 5.41) is 13.7. The summed E-state index contributed by atoms with van der Waals surface area (Å²) in [6, 6.07) is 8.98. The molecule has 108 valence electrons. The van der Waals surface area contributed by atoms with Gasteiger partial charge in [-0.25, -0.2) is 0 Å². The van der Waals surface area contributed by atoms with Crippen molar-refractivity contribution in [3.63, 3.8) is 0 Å².